The van der Waals surface area contributed by atoms with Gasteiger partial charge in [0.05, 0.1) is 11.5 Å². The quantitative estimate of drug-likeness (QED) is 0.636. The van der Waals surface area contributed by atoms with Crippen molar-refractivity contribution in [2.45, 2.75) is 51.6 Å². The van der Waals surface area contributed by atoms with Crippen molar-refractivity contribution < 1.29 is 9.53 Å². The maximum absolute atomic E-state index is 12.4. The van der Waals surface area contributed by atoms with Gasteiger partial charge in [0.2, 0.25) is 0 Å². The molecule has 5 nitrogen and oxygen atoms in total. The number of ether oxygens (including phenoxy) is 1. The van der Waals surface area contributed by atoms with Crippen molar-refractivity contribution in [3.63, 3.8) is 0 Å². The fourth-order valence-electron chi connectivity index (χ4n) is 5.13. The number of thiazole rings is 1. The molecule has 1 atom stereocenters. The Kier molecular flexibility index (Phi) is 6.13. The van der Waals surface area contributed by atoms with E-state index in [1.54, 1.807) is 6.92 Å². The summed E-state index contributed by atoms with van der Waals surface area (Å²) in [6, 6.07) is 10.8. The molecule has 1 aromatic heterocycles. The van der Waals surface area contributed by atoms with E-state index in [9.17, 15) is 9.59 Å². The van der Waals surface area contributed by atoms with Gasteiger partial charge in [0.15, 0.2) is 0 Å². The highest BCUT2D eigenvalue weighted by Gasteiger charge is 2.48. The third kappa shape index (κ3) is 4.16. The van der Waals surface area contributed by atoms with Gasteiger partial charge in [-0.1, -0.05) is 66.1 Å². The molecule has 0 radical (unpaired) electrons. The normalized spacial score (nSPS) is 21.1. The molecule has 1 aliphatic heterocycles. The summed E-state index contributed by atoms with van der Waals surface area (Å²) in [5.74, 6) is 0.0828. The Morgan fingerprint density at radius 3 is 2.69 bits per heavy atom. The lowest BCUT2D eigenvalue weighted by molar-refractivity contribution is -0.143. The van der Waals surface area contributed by atoms with Crippen LogP contribution in [0.1, 0.15) is 49.0 Å². The minimum atomic E-state index is -0.434. The van der Waals surface area contributed by atoms with Crippen LogP contribution >= 0.6 is 22.9 Å². The van der Waals surface area contributed by atoms with Crippen LogP contribution in [-0.2, 0) is 22.6 Å². The topological polar surface area (TPSA) is 51.5 Å². The van der Waals surface area contributed by atoms with Gasteiger partial charge in [0.1, 0.15) is 11.7 Å². The number of hydrogen-bond acceptors (Lipinski definition) is 5. The fourth-order valence-corrected chi connectivity index (χ4v) is 6.41. The van der Waals surface area contributed by atoms with Crippen LogP contribution in [-0.4, -0.2) is 35.1 Å². The number of hydrogen-bond donors (Lipinski definition) is 0. The third-order valence-electron chi connectivity index (χ3n) is 6.38. The van der Waals surface area contributed by atoms with Crippen molar-refractivity contribution in [3.8, 4) is 0 Å². The molecule has 1 saturated heterocycles. The van der Waals surface area contributed by atoms with Crippen molar-refractivity contribution in [2.24, 2.45) is 5.41 Å². The van der Waals surface area contributed by atoms with Crippen LogP contribution in [0.15, 0.2) is 35.1 Å². The first kappa shape index (κ1) is 20.6. The van der Waals surface area contributed by atoms with Gasteiger partial charge in [-0.2, -0.15) is 0 Å². The van der Waals surface area contributed by atoms with Gasteiger partial charge in [-0.25, -0.2) is 0 Å². The second-order valence-electron chi connectivity index (χ2n) is 8.18. The Morgan fingerprint density at radius 2 is 2.00 bits per heavy atom. The summed E-state index contributed by atoms with van der Waals surface area (Å²) in [7, 11) is 0. The molecule has 2 aliphatic rings. The van der Waals surface area contributed by atoms with Crippen LogP contribution in [0, 0.1) is 5.41 Å². The molecule has 4 rings (SSSR count). The monoisotopic (exact) mass is 434 g/mol. The van der Waals surface area contributed by atoms with Crippen molar-refractivity contribution in [1.29, 1.82) is 0 Å². The predicted molar refractivity (Wildman–Crippen MR) is 116 cm³/mol. The Bertz CT molecular complexity index is 918. The molecule has 1 aliphatic carbocycles. The summed E-state index contributed by atoms with van der Waals surface area (Å²) >= 11 is 7.64. The summed E-state index contributed by atoms with van der Waals surface area (Å²) in [6.45, 7) is 4.57. The molecule has 1 saturated carbocycles. The van der Waals surface area contributed by atoms with Gasteiger partial charge < -0.3 is 4.74 Å². The molecule has 29 heavy (non-hydrogen) atoms. The Balaban J connectivity index is 1.53. The van der Waals surface area contributed by atoms with Crippen LogP contribution in [0.2, 0.25) is 5.15 Å². The summed E-state index contributed by atoms with van der Waals surface area (Å²) in [5, 5.41) is 0.372. The number of halogens is 1. The molecule has 0 N–H and O–H groups in total. The lowest BCUT2D eigenvalue weighted by Gasteiger charge is -2.30. The number of benzene rings is 1. The Labute approximate surface area is 180 Å². The number of esters is 1. The average molecular weight is 435 g/mol. The van der Waals surface area contributed by atoms with Gasteiger partial charge in [-0.15, -0.1) is 0 Å². The van der Waals surface area contributed by atoms with Gasteiger partial charge in [-0.05, 0) is 30.7 Å². The minimum absolute atomic E-state index is 0.126. The zero-order valence-electron chi connectivity index (χ0n) is 16.7. The third-order valence-corrected chi connectivity index (χ3v) is 7.89. The van der Waals surface area contributed by atoms with E-state index in [2.05, 4.69) is 35.2 Å². The number of carbonyl (C=O) groups excluding carboxylic acids is 1. The molecule has 2 heterocycles. The van der Waals surface area contributed by atoms with E-state index in [1.165, 1.54) is 35.8 Å². The highest BCUT2D eigenvalue weighted by atomic mass is 35.5. The van der Waals surface area contributed by atoms with E-state index >= 15 is 0 Å². The molecular formula is C22H27ClN2O3S. The van der Waals surface area contributed by atoms with Crippen molar-refractivity contribution in [2.75, 3.05) is 19.7 Å². The molecule has 1 spiro atoms. The number of nitrogens with zero attached hydrogens (tertiary/aromatic N) is 2. The SMILES string of the molecule is CCOC(=O)Cn1c(Cl)c(CN2CC(c3ccccc3)C3(CCCC3)C2)sc1=O. The predicted octanol–water partition coefficient (Wildman–Crippen LogP) is 4.29. The standard InChI is InChI=1S/C22H27ClN2O3S/c1-2-28-19(26)14-25-20(23)18(29-21(25)27)13-24-12-17(16-8-4-3-5-9-16)22(15-24)10-6-7-11-22/h3-5,8-9,17H,2,6-7,10-15H2,1H3. The molecule has 2 aromatic rings. The largest absolute Gasteiger partial charge is 0.465 e. The maximum Gasteiger partial charge on any atom is 0.326 e. The second kappa shape index (κ2) is 8.62. The van der Waals surface area contributed by atoms with Crippen molar-refractivity contribution in [3.05, 3.63) is 55.6 Å². The van der Waals surface area contributed by atoms with Gasteiger partial charge in [0, 0.05) is 25.6 Å². The van der Waals surface area contributed by atoms with Crippen LogP contribution in [0.4, 0.5) is 0 Å². The Morgan fingerprint density at radius 1 is 1.28 bits per heavy atom. The van der Waals surface area contributed by atoms with Crippen LogP contribution in [0.25, 0.3) is 0 Å². The Hall–Kier alpha value is -1.63. The number of rotatable bonds is 6. The number of aromatic nitrogens is 1. The van der Waals surface area contributed by atoms with Crippen molar-refractivity contribution >= 4 is 28.9 Å². The first-order valence-corrected chi connectivity index (χ1v) is 11.5. The molecule has 0 amide bonds. The fraction of sp³-hybridized carbons (Fsp3) is 0.545. The molecule has 156 valence electrons. The van der Waals surface area contributed by atoms with Gasteiger partial charge in [0.25, 0.3) is 0 Å². The smallest absolute Gasteiger partial charge is 0.326 e. The van der Waals surface area contributed by atoms with Crippen LogP contribution in [0.5, 0.6) is 0 Å². The van der Waals surface area contributed by atoms with E-state index in [0.717, 1.165) is 29.3 Å². The maximum atomic E-state index is 12.4. The molecular weight excluding hydrogens is 408 g/mol. The lowest BCUT2D eigenvalue weighted by Crippen LogP contribution is -2.26. The molecule has 7 heteroatoms. The first-order valence-electron chi connectivity index (χ1n) is 10.3. The summed E-state index contributed by atoms with van der Waals surface area (Å²) in [6.07, 6.45) is 5.11. The van der Waals surface area contributed by atoms with E-state index < -0.39 is 5.97 Å². The molecule has 1 aromatic carbocycles. The molecule has 2 fully saturated rings. The van der Waals surface area contributed by atoms with Gasteiger partial charge in [-0.3, -0.25) is 19.1 Å². The summed E-state index contributed by atoms with van der Waals surface area (Å²) in [4.78, 5) is 27.2. The van der Waals surface area contributed by atoms with E-state index in [1.807, 2.05) is 0 Å². The van der Waals surface area contributed by atoms with E-state index in [0.29, 0.717) is 29.6 Å². The van der Waals surface area contributed by atoms with E-state index in [4.69, 9.17) is 16.3 Å². The van der Waals surface area contributed by atoms with Crippen molar-refractivity contribution in [1.82, 2.24) is 9.47 Å². The minimum Gasteiger partial charge on any atom is -0.465 e. The van der Waals surface area contributed by atoms with E-state index in [-0.39, 0.29) is 11.4 Å². The average Bonchev–Trinajstić information content (AvgIpc) is 3.39. The zero-order valence-corrected chi connectivity index (χ0v) is 18.3. The zero-order chi connectivity index (χ0) is 20.4. The van der Waals surface area contributed by atoms with Crippen LogP contribution in [0.3, 0.4) is 0 Å². The highest BCUT2D eigenvalue weighted by molar-refractivity contribution is 7.09. The second-order valence-corrected chi connectivity index (χ2v) is 9.58. The molecule has 1 unspecified atom stereocenters. The highest BCUT2D eigenvalue weighted by Crippen LogP contribution is 2.53. The summed E-state index contributed by atoms with van der Waals surface area (Å²) < 4.78 is 6.29. The summed E-state index contributed by atoms with van der Waals surface area (Å²) in [5.41, 5.74) is 1.74. The number of likely N-dealkylation sites (tertiary alicyclic amines) is 1. The molecule has 0 bridgehead atoms. The lowest BCUT2D eigenvalue weighted by atomic mass is 9.73. The first-order chi connectivity index (χ1) is 14.0. The number of carbonyl (C=O) groups is 1. The van der Waals surface area contributed by atoms with Crippen LogP contribution < -0.4 is 4.87 Å². The van der Waals surface area contributed by atoms with Gasteiger partial charge >= 0.3 is 10.8 Å².